The van der Waals surface area contributed by atoms with E-state index in [-0.39, 0.29) is 17.0 Å². The van der Waals surface area contributed by atoms with Crippen LogP contribution in [0, 0.1) is 12.7 Å². The van der Waals surface area contributed by atoms with Crippen molar-refractivity contribution in [3.8, 4) is 5.75 Å². The number of aryl methyl sites for hydroxylation is 1. The van der Waals surface area contributed by atoms with Gasteiger partial charge in [0, 0.05) is 36.7 Å². The monoisotopic (exact) mass is 448 g/mol. The van der Waals surface area contributed by atoms with Crippen molar-refractivity contribution >= 4 is 28.5 Å². The Morgan fingerprint density at radius 2 is 2.06 bits per heavy atom. The number of rotatable bonds is 6. The molecule has 1 aromatic carbocycles. The largest absolute Gasteiger partial charge is 0.496 e. The van der Waals surface area contributed by atoms with E-state index in [1.54, 1.807) is 17.7 Å². The van der Waals surface area contributed by atoms with Crippen LogP contribution in [0.15, 0.2) is 12.4 Å². The lowest BCUT2D eigenvalue weighted by Crippen LogP contribution is -2.48. The Hall–Kier alpha value is -2.49. The highest BCUT2D eigenvalue weighted by Gasteiger charge is 2.36. The summed E-state index contributed by atoms with van der Waals surface area (Å²) in [6.45, 7) is 7.31. The highest BCUT2D eigenvalue weighted by molar-refractivity contribution is 6.31. The van der Waals surface area contributed by atoms with Crippen molar-refractivity contribution in [3.05, 3.63) is 40.1 Å². The third kappa shape index (κ3) is 3.71. The molecule has 4 rings (SSSR count). The Labute approximate surface area is 184 Å². The van der Waals surface area contributed by atoms with Crippen LogP contribution in [0.3, 0.4) is 0 Å². The molecule has 10 heteroatoms. The van der Waals surface area contributed by atoms with Crippen molar-refractivity contribution in [2.75, 3.05) is 32.5 Å². The molecule has 0 bridgehead atoms. The maximum Gasteiger partial charge on any atom is 0.164 e. The van der Waals surface area contributed by atoms with E-state index in [9.17, 15) is 5.11 Å². The van der Waals surface area contributed by atoms with E-state index in [1.165, 1.54) is 13.4 Å². The third-order valence-corrected chi connectivity index (χ3v) is 6.11. The van der Waals surface area contributed by atoms with Gasteiger partial charge >= 0.3 is 0 Å². The fraction of sp³-hybridized carbons (Fsp3) is 0.476. The zero-order valence-corrected chi connectivity index (χ0v) is 18.7. The quantitative estimate of drug-likeness (QED) is 0.597. The molecule has 166 valence electrons. The third-order valence-electron chi connectivity index (χ3n) is 5.84. The first-order valence-electron chi connectivity index (χ1n) is 10.1. The average Bonchev–Trinajstić information content (AvgIpc) is 3.03. The summed E-state index contributed by atoms with van der Waals surface area (Å²) in [7, 11) is 1.53. The van der Waals surface area contributed by atoms with Crippen molar-refractivity contribution in [3.63, 3.8) is 0 Å². The van der Waals surface area contributed by atoms with Crippen LogP contribution in [0.25, 0.3) is 11.0 Å². The van der Waals surface area contributed by atoms with Crippen LogP contribution >= 0.6 is 11.6 Å². The van der Waals surface area contributed by atoms with E-state index in [0.717, 1.165) is 0 Å². The van der Waals surface area contributed by atoms with Crippen molar-refractivity contribution < 1.29 is 14.2 Å². The highest BCUT2D eigenvalue weighted by atomic mass is 35.5. The maximum absolute atomic E-state index is 15.1. The topological polar surface area (TPSA) is 102 Å². The second kappa shape index (κ2) is 8.22. The lowest BCUT2D eigenvalue weighted by Gasteiger charge is -2.41. The number of nitrogen functional groups attached to an aromatic ring is 1. The second-order valence-electron chi connectivity index (χ2n) is 8.14. The lowest BCUT2D eigenvalue weighted by atomic mass is 9.87. The first-order chi connectivity index (χ1) is 14.7. The van der Waals surface area contributed by atoms with Crippen LogP contribution in [0.2, 0.25) is 5.02 Å². The van der Waals surface area contributed by atoms with E-state index >= 15 is 4.39 Å². The molecule has 0 saturated carbocycles. The highest BCUT2D eigenvalue weighted by Crippen LogP contribution is 2.43. The summed E-state index contributed by atoms with van der Waals surface area (Å²) in [5, 5.41) is 14.9. The Balaban J connectivity index is 1.78. The van der Waals surface area contributed by atoms with Gasteiger partial charge in [-0.15, -0.1) is 0 Å². The Bertz CT molecular complexity index is 1130. The number of ether oxygens (including phenoxy) is 1. The number of benzene rings is 1. The van der Waals surface area contributed by atoms with Gasteiger partial charge in [-0.3, -0.25) is 4.90 Å². The van der Waals surface area contributed by atoms with Gasteiger partial charge in [-0.2, -0.15) is 5.10 Å². The molecular weight excluding hydrogens is 423 g/mol. The molecule has 1 saturated heterocycles. The number of fused-ring (bicyclic) bond motifs is 1. The molecule has 8 nitrogen and oxygen atoms in total. The molecule has 31 heavy (non-hydrogen) atoms. The van der Waals surface area contributed by atoms with Crippen LogP contribution in [0.5, 0.6) is 5.75 Å². The smallest absolute Gasteiger partial charge is 0.164 e. The number of aromatic nitrogens is 4. The number of halogens is 2. The molecular formula is C21H26ClFN6O2. The van der Waals surface area contributed by atoms with Crippen molar-refractivity contribution in [1.82, 2.24) is 24.6 Å². The fourth-order valence-corrected chi connectivity index (χ4v) is 4.62. The van der Waals surface area contributed by atoms with E-state index in [2.05, 4.69) is 20.0 Å². The summed E-state index contributed by atoms with van der Waals surface area (Å²) in [5.74, 6) is 0.273. The van der Waals surface area contributed by atoms with Gasteiger partial charge in [-0.25, -0.2) is 19.0 Å². The van der Waals surface area contributed by atoms with Gasteiger partial charge in [0.2, 0.25) is 0 Å². The van der Waals surface area contributed by atoms with E-state index in [0.29, 0.717) is 59.1 Å². The van der Waals surface area contributed by atoms with Gasteiger partial charge in [0.05, 0.1) is 35.4 Å². The van der Waals surface area contributed by atoms with Crippen LogP contribution < -0.4 is 10.5 Å². The molecule has 2 atom stereocenters. The molecule has 2 aromatic heterocycles. The summed E-state index contributed by atoms with van der Waals surface area (Å²) < 4.78 is 22.6. The predicted molar refractivity (Wildman–Crippen MR) is 117 cm³/mol. The normalized spacial score (nSPS) is 17.0. The molecule has 0 unspecified atom stereocenters. The predicted octanol–water partition coefficient (Wildman–Crippen LogP) is 2.91. The molecule has 1 aliphatic heterocycles. The SMILES string of the molecule is COc1c([C@@H](C)n2nc(C)c3c(N)ncnc32)cc(Cl)c(F)c1C1CN(C[C@@H](C)O)C1. The maximum atomic E-state index is 15.1. The second-order valence-corrected chi connectivity index (χ2v) is 8.54. The minimum atomic E-state index is -0.468. The van der Waals surface area contributed by atoms with Crippen LogP contribution in [-0.2, 0) is 0 Å². The van der Waals surface area contributed by atoms with E-state index in [4.69, 9.17) is 22.1 Å². The summed E-state index contributed by atoms with van der Waals surface area (Å²) in [5.41, 5.74) is 8.49. The molecule has 3 heterocycles. The molecule has 3 N–H and O–H groups in total. The van der Waals surface area contributed by atoms with Gasteiger partial charge in [-0.05, 0) is 26.8 Å². The first-order valence-corrected chi connectivity index (χ1v) is 10.5. The van der Waals surface area contributed by atoms with Crippen molar-refractivity contribution in [2.24, 2.45) is 0 Å². The zero-order valence-electron chi connectivity index (χ0n) is 17.9. The summed E-state index contributed by atoms with van der Waals surface area (Å²) in [6, 6.07) is 1.25. The zero-order chi connectivity index (χ0) is 22.4. The number of nitrogens with two attached hydrogens (primary N) is 1. The van der Waals surface area contributed by atoms with Crippen molar-refractivity contribution in [2.45, 2.75) is 38.8 Å². The molecule has 0 spiro atoms. The summed E-state index contributed by atoms with van der Waals surface area (Å²) in [4.78, 5) is 10.5. The number of likely N-dealkylation sites (tertiary alicyclic amines) is 1. The van der Waals surface area contributed by atoms with Crippen LogP contribution in [0.1, 0.15) is 42.6 Å². The number of aliphatic hydroxyl groups excluding tert-OH is 1. The molecule has 0 radical (unpaired) electrons. The Morgan fingerprint density at radius 1 is 1.35 bits per heavy atom. The van der Waals surface area contributed by atoms with Crippen molar-refractivity contribution in [1.29, 1.82) is 0 Å². The standard InChI is InChI=1S/C21H26ClFN6O2/c1-10(30)6-28-7-13(8-28)17-18(23)15(22)5-14(19(17)31-4)12(3)29-21-16(11(2)27-29)20(24)25-9-26-21/h5,9-10,12-13,30H,6-8H2,1-4H3,(H2,24,25,26)/t10-,12-/m1/s1. The first kappa shape index (κ1) is 21.7. The van der Waals surface area contributed by atoms with Gasteiger partial charge in [-0.1, -0.05) is 11.6 Å². The number of anilines is 1. The number of hydrogen-bond donors (Lipinski definition) is 2. The molecule has 0 aliphatic carbocycles. The van der Waals surface area contributed by atoms with Gasteiger partial charge < -0.3 is 15.6 Å². The number of nitrogens with zero attached hydrogens (tertiary/aromatic N) is 5. The molecule has 0 amide bonds. The molecule has 1 fully saturated rings. The molecule has 1 aliphatic rings. The Kier molecular flexibility index (Phi) is 5.76. The van der Waals surface area contributed by atoms with E-state index < -0.39 is 11.9 Å². The minimum Gasteiger partial charge on any atom is -0.496 e. The summed E-state index contributed by atoms with van der Waals surface area (Å²) in [6.07, 6.45) is 0.960. The molecule has 3 aromatic rings. The van der Waals surface area contributed by atoms with Gasteiger partial charge in [0.15, 0.2) is 5.65 Å². The number of methoxy groups -OCH3 is 1. The van der Waals surface area contributed by atoms with Gasteiger partial charge in [0.1, 0.15) is 23.7 Å². The van der Waals surface area contributed by atoms with E-state index in [1.807, 2.05) is 13.8 Å². The Morgan fingerprint density at radius 3 is 2.71 bits per heavy atom. The number of hydrogen-bond acceptors (Lipinski definition) is 7. The minimum absolute atomic E-state index is 0.0361. The van der Waals surface area contributed by atoms with Crippen LogP contribution in [-0.4, -0.2) is 62.6 Å². The average molecular weight is 449 g/mol. The number of β-amino-alcohol motifs (C(OH)–C–C–N with tert-alkyl or cyclic N) is 1. The number of aliphatic hydroxyl groups is 1. The summed E-state index contributed by atoms with van der Waals surface area (Å²) >= 11 is 6.31. The lowest BCUT2D eigenvalue weighted by molar-refractivity contribution is 0.0723. The van der Waals surface area contributed by atoms with Gasteiger partial charge in [0.25, 0.3) is 0 Å². The fourth-order valence-electron chi connectivity index (χ4n) is 4.40. The van der Waals surface area contributed by atoms with Crippen LogP contribution in [0.4, 0.5) is 10.2 Å².